The monoisotopic (exact) mass is 535 g/mol. The number of methoxy groups -OCH3 is 1. The van der Waals surface area contributed by atoms with E-state index in [1.165, 1.54) is 20.1 Å². The van der Waals surface area contributed by atoms with Crippen molar-refractivity contribution in [2.75, 3.05) is 7.11 Å². The zero-order valence-electron chi connectivity index (χ0n) is 20.5. The Balaban J connectivity index is 1.74. The Morgan fingerprint density at radius 1 is 1.03 bits per heavy atom. The predicted molar refractivity (Wildman–Crippen MR) is 139 cm³/mol. The number of halogens is 1. The summed E-state index contributed by atoms with van der Waals surface area (Å²) in [6, 6.07) is 4.66. The molecule has 2 aliphatic rings. The topological polar surface area (TPSA) is 157 Å². The van der Waals surface area contributed by atoms with Gasteiger partial charge in [-0.2, -0.15) is 0 Å². The molecule has 0 aliphatic heterocycles. The second kappa shape index (κ2) is 7.72. The van der Waals surface area contributed by atoms with E-state index in [0.717, 1.165) is 0 Å². The van der Waals surface area contributed by atoms with Gasteiger partial charge in [0, 0.05) is 16.8 Å². The van der Waals surface area contributed by atoms with Crippen LogP contribution in [0.15, 0.2) is 23.0 Å². The number of hydrogen-bond donors (Lipinski definition) is 5. The summed E-state index contributed by atoms with van der Waals surface area (Å²) in [6.45, 7) is 3.22. The number of aromatic nitrogens is 1. The number of aromatic amines is 1. The van der Waals surface area contributed by atoms with Gasteiger partial charge in [0.15, 0.2) is 11.4 Å². The van der Waals surface area contributed by atoms with E-state index in [0.29, 0.717) is 23.1 Å². The Morgan fingerprint density at radius 3 is 2.42 bits per heavy atom. The first-order valence-electron chi connectivity index (χ1n) is 11.9. The number of aryl methyl sites for hydroxylation is 3. The van der Waals surface area contributed by atoms with Crippen LogP contribution in [0.2, 0.25) is 5.02 Å². The van der Waals surface area contributed by atoms with Crippen LogP contribution in [0.4, 0.5) is 0 Å². The van der Waals surface area contributed by atoms with Crippen LogP contribution in [0.1, 0.15) is 49.5 Å². The number of fused-ring (bicyclic) bond motifs is 6. The van der Waals surface area contributed by atoms with E-state index in [1.807, 2.05) is 0 Å². The van der Waals surface area contributed by atoms with Gasteiger partial charge in [-0.3, -0.25) is 14.4 Å². The SMILES string of the molecule is COc1c2c(cc3cc(C)[nH]c(=O)c13)CC[C@H]1C(=O)c3c(c(C)c4cc(O)c(Cl)c(O)c4c3O)C(=O)[C@]21O. The molecule has 0 saturated heterocycles. The lowest BCUT2D eigenvalue weighted by atomic mass is 9.60. The Hall–Kier alpha value is -4.08. The molecule has 9 nitrogen and oxygen atoms in total. The molecule has 10 heteroatoms. The maximum Gasteiger partial charge on any atom is 0.259 e. The van der Waals surface area contributed by atoms with Crippen molar-refractivity contribution in [3.63, 3.8) is 0 Å². The number of hydrogen-bond acceptors (Lipinski definition) is 8. The fraction of sp³-hybridized carbons (Fsp3) is 0.250. The number of phenolic OH excluding ortho intramolecular Hbond substituents is 3. The van der Waals surface area contributed by atoms with E-state index in [-0.39, 0.29) is 50.6 Å². The number of aromatic hydroxyl groups is 3. The molecule has 0 spiro atoms. The molecule has 0 radical (unpaired) electrons. The van der Waals surface area contributed by atoms with Crippen molar-refractivity contribution >= 4 is 44.7 Å². The van der Waals surface area contributed by atoms with Crippen molar-refractivity contribution < 1.29 is 34.8 Å². The van der Waals surface area contributed by atoms with Gasteiger partial charge in [0.25, 0.3) is 5.56 Å². The fourth-order valence-electron chi connectivity index (χ4n) is 6.31. The van der Waals surface area contributed by atoms with Crippen LogP contribution in [0.25, 0.3) is 21.5 Å². The van der Waals surface area contributed by atoms with Crippen molar-refractivity contribution in [3.05, 3.63) is 67.1 Å². The molecule has 2 atom stereocenters. The normalized spacial score (nSPS) is 20.4. The number of carbonyl (C=O) groups is 2. The minimum atomic E-state index is -2.39. The first-order valence-corrected chi connectivity index (χ1v) is 12.3. The molecule has 38 heavy (non-hydrogen) atoms. The smallest absolute Gasteiger partial charge is 0.259 e. The number of aliphatic hydroxyl groups is 1. The highest BCUT2D eigenvalue weighted by Gasteiger charge is 2.59. The van der Waals surface area contributed by atoms with Crippen LogP contribution in [-0.4, -0.2) is 44.1 Å². The number of nitrogens with one attached hydrogen (secondary N) is 1. The Labute approximate surface area is 219 Å². The summed E-state index contributed by atoms with van der Waals surface area (Å²) in [5, 5.41) is 44.3. The molecule has 0 fully saturated rings. The lowest BCUT2D eigenvalue weighted by Gasteiger charge is -2.44. The minimum Gasteiger partial charge on any atom is -0.506 e. The summed E-state index contributed by atoms with van der Waals surface area (Å²) < 4.78 is 5.63. The molecule has 2 aliphatic carbocycles. The highest BCUT2D eigenvalue weighted by Crippen LogP contribution is 2.55. The van der Waals surface area contributed by atoms with E-state index < -0.39 is 50.9 Å². The molecule has 5 N–H and O–H groups in total. The Kier molecular flexibility index (Phi) is 4.93. The van der Waals surface area contributed by atoms with Crippen LogP contribution in [0.3, 0.4) is 0 Å². The molecular weight excluding hydrogens is 514 g/mol. The highest BCUT2D eigenvalue weighted by atomic mass is 35.5. The summed E-state index contributed by atoms with van der Waals surface area (Å²) in [4.78, 5) is 43.8. The van der Waals surface area contributed by atoms with Gasteiger partial charge in [0.2, 0.25) is 5.78 Å². The van der Waals surface area contributed by atoms with Crippen LogP contribution in [0.5, 0.6) is 23.0 Å². The maximum absolute atomic E-state index is 14.3. The van der Waals surface area contributed by atoms with Crippen molar-refractivity contribution in [1.29, 1.82) is 0 Å². The minimum absolute atomic E-state index is 0.000264. The molecular formula is C28H22ClNO8. The molecule has 0 unspecified atom stereocenters. The van der Waals surface area contributed by atoms with E-state index in [2.05, 4.69) is 4.98 Å². The molecule has 6 rings (SSSR count). The quantitative estimate of drug-likeness (QED) is 0.245. The van der Waals surface area contributed by atoms with E-state index in [4.69, 9.17) is 16.3 Å². The number of ether oxygens (including phenoxy) is 1. The Morgan fingerprint density at radius 2 is 1.74 bits per heavy atom. The zero-order chi connectivity index (χ0) is 27.4. The number of rotatable bonds is 1. The number of phenols is 3. The molecule has 0 amide bonds. The third-order valence-corrected chi connectivity index (χ3v) is 8.33. The number of pyridine rings is 1. The van der Waals surface area contributed by atoms with E-state index >= 15 is 0 Å². The molecule has 194 valence electrons. The van der Waals surface area contributed by atoms with Crippen LogP contribution in [-0.2, 0) is 12.0 Å². The third kappa shape index (κ3) is 2.77. The standard InChI is InChI=1S/C28H22ClNO8/c1-9-6-12-7-11-4-5-14-22(32)19-16(10(2)13-8-15(31)21(29)24(34)18(13)23(19)33)26(35)28(14,37)20(11)25(38-3)17(12)27(36)30-9/h6-8,14,31,33-34,37H,4-5H2,1-3H3,(H,30,36)/t14-,28+/m0/s1. The van der Waals surface area contributed by atoms with Gasteiger partial charge in [0.05, 0.1) is 29.4 Å². The second-order valence-electron chi connectivity index (χ2n) is 9.95. The third-order valence-electron chi connectivity index (χ3n) is 7.95. The molecule has 1 aromatic heterocycles. The summed E-state index contributed by atoms with van der Waals surface area (Å²) in [6.07, 6.45) is 0.385. The fourth-order valence-corrected chi connectivity index (χ4v) is 6.46. The van der Waals surface area contributed by atoms with Gasteiger partial charge >= 0.3 is 0 Å². The molecule has 1 heterocycles. The lowest BCUT2D eigenvalue weighted by molar-refractivity contribution is -0.0133. The summed E-state index contributed by atoms with van der Waals surface area (Å²) in [7, 11) is 1.32. The summed E-state index contributed by atoms with van der Waals surface area (Å²) in [5.41, 5.74) is -2.05. The average Bonchev–Trinajstić information content (AvgIpc) is 2.86. The number of Topliss-reactive ketones (excluding diaryl/α,β-unsaturated/α-hetero) is 2. The van der Waals surface area contributed by atoms with E-state index in [9.17, 15) is 34.8 Å². The summed E-state index contributed by atoms with van der Waals surface area (Å²) >= 11 is 5.98. The lowest BCUT2D eigenvalue weighted by Crippen LogP contribution is -2.53. The van der Waals surface area contributed by atoms with Crippen LogP contribution in [0, 0.1) is 19.8 Å². The van der Waals surface area contributed by atoms with Crippen molar-refractivity contribution in [2.45, 2.75) is 32.3 Å². The molecule has 3 aromatic carbocycles. The Bertz CT molecular complexity index is 1860. The number of benzene rings is 3. The number of H-pyrrole nitrogens is 1. The van der Waals surface area contributed by atoms with Gasteiger partial charge < -0.3 is 30.1 Å². The van der Waals surface area contributed by atoms with Crippen molar-refractivity contribution in [1.82, 2.24) is 4.98 Å². The first kappa shape index (κ1) is 24.3. The van der Waals surface area contributed by atoms with Crippen LogP contribution < -0.4 is 10.3 Å². The predicted octanol–water partition coefficient (Wildman–Crippen LogP) is 3.91. The van der Waals surface area contributed by atoms with Gasteiger partial charge in [-0.25, -0.2) is 0 Å². The summed E-state index contributed by atoms with van der Waals surface area (Å²) in [5.74, 6) is -4.63. The van der Waals surface area contributed by atoms with Gasteiger partial charge in [-0.15, -0.1) is 0 Å². The van der Waals surface area contributed by atoms with Crippen molar-refractivity contribution in [2.24, 2.45) is 5.92 Å². The van der Waals surface area contributed by atoms with Crippen LogP contribution >= 0.6 is 11.6 Å². The maximum atomic E-state index is 14.3. The largest absolute Gasteiger partial charge is 0.506 e. The van der Waals surface area contributed by atoms with Crippen molar-refractivity contribution in [3.8, 4) is 23.0 Å². The number of carbonyl (C=O) groups excluding carboxylic acids is 2. The average molecular weight is 536 g/mol. The number of ketones is 2. The zero-order valence-corrected chi connectivity index (χ0v) is 21.3. The first-order chi connectivity index (χ1) is 17.9. The molecule has 0 bridgehead atoms. The highest BCUT2D eigenvalue weighted by molar-refractivity contribution is 6.35. The van der Waals surface area contributed by atoms with E-state index in [1.54, 1.807) is 19.1 Å². The molecule has 0 saturated carbocycles. The second-order valence-corrected chi connectivity index (χ2v) is 10.3. The van der Waals surface area contributed by atoms with Gasteiger partial charge in [-0.1, -0.05) is 17.7 Å². The van der Waals surface area contributed by atoms with Gasteiger partial charge in [-0.05, 0) is 60.7 Å². The van der Waals surface area contributed by atoms with Gasteiger partial charge in [0.1, 0.15) is 28.0 Å². The molecule has 4 aromatic rings.